The van der Waals surface area contributed by atoms with Gasteiger partial charge in [-0.25, -0.2) is 0 Å². The van der Waals surface area contributed by atoms with Crippen LogP contribution in [0.15, 0.2) is 24.3 Å². The summed E-state index contributed by atoms with van der Waals surface area (Å²) in [5.41, 5.74) is 0.873. The van der Waals surface area contributed by atoms with E-state index in [2.05, 4.69) is 66.4 Å². The van der Waals surface area contributed by atoms with Crippen molar-refractivity contribution in [2.75, 3.05) is 20.0 Å². The molecule has 1 heterocycles. The van der Waals surface area contributed by atoms with Gasteiger partial charge in [-0.15, -0.1) is 0 Å². The fraction of sp³-hybridized carbons (Fsp3) is 0.765. The summed E-state index contributed by atoms with van der Waals surface area (Å²) in [6.45, 7) is 13.1. The van der Waals surface area contributed by atoms with Crippen LogP contribution >= 0.6 is 0 Å². The minimum atomic E-state index is -1.44. The van der Waals surface area contributed by atoms with Gasteiger partial charge in [-0.3, -0.25) is 15.2 Å². The second-order valence-electron chi connectivity index (χ2n) is 7.86. The number of allylic oxidation sites excluding steroid dienone is 4. The smallest absolute Gasteiger partial charge is 0.128 e. The second kappa shape index (κ2) is 5.99. The molecule has 118 valence electrons. The van der Waals surface area contributed by atoms with E-state index in [0.29, 0.717) is 0 Å². The molecule has 4 heteroatoms. The maximum absolute atomic E-state index is 3.49. The third-order valence-electron chi connectivity index (χ3n) is 6.14. The van der Waals surface area contributed by atoms with E-state index in [1.807, 2.05) is 0 Å². The quantitative estimate of drug-likeness (QED) is 0.785. The zero-order valence-corrected chi connectivity index (χ0v) is 15.0. The van der Waals surface area contributed by atoms with Crippen LogP contribution in [-0.2, 0) is 0 Å². The van der Waals surface area contributed by atoms with Crippen LogP contribution in [0.5, 0.6) is 0 Å². The lowest BCUT2D eigenvalue weighted by molar-refractivity contribution is 0.283. The first-order valence-corrected chi connectivity index (χ1v) is 11.6. The van der Waals surface area contributed by atoms with Crippen molar-refractivity contribution < 1.29 is 0 Å². The third kappa shape index (κ3) is 2.79. The molecule has 4 atom stereocenters. The van der Waals surface area contributed by atoms with Crippen LogP contribution in [0.2, 0.25) is 18.6 Å². The molecule has 0 spiro atoms. The van der Waals surface area contributed by atoms with Crippen LogP contribution in [0.4, 0.5) is 0 Å². The van der Waals surface area contributed by atoms with Crippen LogP contribution in [0.3, 0.4) is 0 Å². The summed E-state index contributed by atoms with van der Waals surface area (Å²) in [6.07, 6.45) is 11.0. The maximum atomic E-state index is 3.49. The molecular formula is C17H31N3Si. The van der Waals surface area contributed by atoms with Crippen molar-refractivity contribution >= 4 is 8.24 Å². The molecule has 0 aromatic carbocycles. The van der Waals surface area contributed by atoms with E-state index in [1.54, 1.807) is 0 Å². The zero-order valence-electron chi connectivity index (χ0n) is 14.0. The van der Waals surface area contributed by atoms with Crippen LogP contribution in [-0.4, -0.2) is 32.8 Å². The van der Waals surface area contributed by atoms with Crippen LogP contribution in [0, 0.1) is 23.7 Å². The molecule has 1 saturated heterocycles. The number of rotatable bonds is 3. The minimum absolute atomic E-state index is 0.769. The molecule has 3 unspecified atom stereocenters. The topological polar surface area (TPSA) is 27.3 Å². The predicted molar refractivity (Wildman–Crippen MR) is 92.1 cm³/mol. The fourth-order valence-corrected chi connectivity index (χ4v) is 8.36. The van der Waals surface area contributed by atoms with E-state index in [1.165, 1.54) is 6.42 Å². The Balaban J connectivity index is 1.83. The summed E-state index contributed by atoms with van der Waals surface area (Å²) in [6, 6.07) is 0. The Labute approximate surface area is 131 Å². The maximum Gasteiger partial charge on any atom is 0.128 e. The second-order valence-corrected chi connectivity index (χ2v) is 12.5. The summed E-state index contributed by atoms with van der Waals surface area (Å²) in [7, 11) is -1.44. The molecule has 2 N–H and O–H groups in total. The van der Waals surface area contributed by atoms with Crippen molar-refractivity contribution in [3.8, 4) is 0 Å². The molecule has 1 aliphatic heterocycles. The highest BCUT2D eigenvalue weighted by atomic mass is 28.3. The Kier molecular flexibility index (Phi) is 4.41. The number of hydrogen-bond donors (Lipinski definition) is 2. The van der Waals surface area contributed by atoms with Gasteiger partial charge in [-0.05, 0) is 35.6 Å². The normalized spacial score (nSPS) is 37.2. The zero-order chi connectivity index (χ0) is 15.0. The lowest BCUT2D eigenvalue weighted by Crippen LogP contribution is -2.63. The third-order valence-corrected chi connectivity index (χ3v) is 10.5. The van der Waals surface area contributed by atoms with Crippen molar-refractivity contribution in [1.29, 1.82) is 0 Å². The molecule has 0 bridgehead atoms. The molecule has 0 amide bonds. The molecule has 21 heavy (non-hydrogen) atoms. The number of nitrogens with zero attached hydrogens (tertiary/aromatic N) is 1. The van der Waals surface area contributed by atoms with Gasteiger partial charge in [0.2, 0.25) is 0 Å². The SMILES string of the molecule is CC(C)[C@H]1CC([Si](C)(C)N2CNCNC2)C2C=CC=CC21. The Hall–Kier alpha value is -0.423. The first-order valence-electron chi connectivity index (χ1n) is 8.53. The van der Waals surface area contributed by atoms with E-state index < -0.39 is 8.24 Å². The van der Waals surface area contributed by atoms with Crippen molar-refractivity contribution in [1.82, 2.24) is 15.2 Å². The molecule has 0 radical (unpaired) electrons. The molecule has 0 aromatic rings. The fourth-order valence-electron chi connectivity index (χ4n) is 4.72. The first-order chi connectivity index (χ1) is 10.0. The van der Waals surface area contributed by atoms with Gasteiger partial charge >= 0.3 is 0 Å². The summed E-state index contributed by atoms with van der Waals surface area (Å²) in [4.78, 5) is 0. The molecule has 3 nitrogen and oxygen atoms in total. The Bertz CT molecular complexity index is 424. The number of fused-ring (bicyclic) bond motifs is 1. The van der Waals surface area contributed by atoms with Gasteiger partial charge in [0.1, 0.15) is 8.24 Å². The van der Waals surface area contributed by atoms with E-state index >= 15 is 0 Å². The number of nitrogens with one attached hydrogen (secondary N) is 2. The predicted octanol–water partition coefficient (Wildman–Crippen LogP) is 2.96. The first kappa shape index (κ1) is 15.5. The van der Waals surface area contributed by atoms with E-state index in [9.17, 15) is 0 Å². The van der Waals surface area contributed by atoms with Gasteiger partial charge in [0.05, 0.1) is 0 Å². The van der Waals surface area contributed by atoms with Gasteiger partial charge in [0.25, 0.3) is 0 Å². The largest absolute Gasteiger partial charge is 0.299 e. The Morgan fingerprint density at radius 1 is 1.05 bits per heavy atom. The van der Waals surface area contributed by atoms with Crippen LogP contribution < -0.4 is 10.6 Å². The highest BCUT2D eigenvalue weighted by molar-refractivity contribution is 6.76. The number of hydrogen-bond acceptors (Lipinski definition) is 3. The van der Waals surface area contributed by atoms with Crippen LogP contribution in [0.1, 0.15) is 20.3 Å². The molecule has 2 aliphatic carbocycles. The van der Waals surface area contributed by atoms with Crippen molar-refractivity contribution in [2.24, 2.45) is 23.7 Å². The van der Waals surface area contributed by atoms with Crippen molar-refractivity contribution in [3.05, 3.63) is 24.3 Å². The van der Waals surface area contributed by atoms with Gasteiger partial charge in [-0.1, -0.05) is 51.2 Å². The van der Waals surface area contributed by atoms with E-state index in [4.69, 9.17) is 0 Å². The average Bonchev–Trinajstić information content (AvgIpc) is 2.88. The van der Waals surface area contributed by atoms with Gasteiger partial charge in [0.15, 0.2) is 0 Å². The lowest BCUT2D eigenvalue weighted by atomic mass is 9.81. The van der Waals surface area contributed by atoms with Crippen LogP contribution in [0.25, 0.3) is 0 Å². The monoisotopic (exact) mass is 305 g/mol. The molecule has 1 saturated carbocycles. The van der Waals surface area contributed by atoms with E-state index in [-0.39, 0.29) is 0 Å². The average molecular weight is 306 g/mol. The minimum Gasteiger partial charge on any atom is -0.299 e. The molecule has 2 fully saturated rings. The van der Waals surface area contributed by atoms with Gasteiger partial charge in [0, 0.05) is 20.0 Å². The van der Waals surface area contributed by atoms with Crippen molar-refractivity contribution in [3.63, 3.8) is 0 Å². The highest BCUT2D eigenvalue weighted by Crippen LogP contribution is 2.54. The standard InChI is InChI=1S/C17H31N3Si/c1-13(2)16-9-17(15-8-6-5-7-14(15)16)21(3,4)20-11-18-10-19-12-20/h5-8,13-19H,9-12H2,1-4H3/t14?,15?,16-,17?/m1/s1. The van der Waals surface area contributed by atoms with Crippen molar-refractivity contribution in [2.45, 2.75) is 38.9 Å². The summed E-state index contributed by atoms with van der Waals surface area (Å²) < 4.78 is 2.72. The molecule has 0 aromatic heterocycles. The molecule has 3 rings (SSSR count). The Morgan fingerprint density at radius 3 is 2.29 bits per heavy atom. The summed E-state index contributed by atoms with van der Waals surface area (Å²) in [5, 5.41) is 6.98. The summed E-state index contributed by atoms with van der Waals surface area (Å²) in [5.74, 6) is 3.20. The molecular weight excluding hydrogens is 274 g/mol. The summed E-state index contributed by atoms with van der Waals surface area (Å²) >= 11 is 0. The lowest BCUT2D eigenvalue weighted by Gasteiger charge is -2.45. The Morgan fingerprint density at radius 2 is 1.67 bits per heavy atom. The molecule has 3 aliphatic rings. The van der Waals surface area contributed by atoms with Gasteiger partial charge < -0.3 is 0 Å². The van der Waals surface area contributed by atoms with Gasteiger partial charge in [-0.2, -0.15) is 0 Å². The highest BCUT2D eigenvalue weighted by Gasteiger charge is 2.51. The van der Waals surface area contributed by atoms with E-state index in [0.717, 1.165) is 49.2 Å².